The average molecular weight is 310 g/mol. The van der Waals surface area contributed by atoms with Gasteiger partial charge in [-0.1, -0.05) is 38.3 Å². The Balaban J connectivity index is 1.94. The van der Waals surface area contributed by atoms with Gasteiger partial charge in [-0.15, -0.1) is 0 Å². The Labute approximate surface area is 131 Å². The zero-order valence-corrected chi connectivity index (χ0v) is 13.6. The molecule has 1 aliphatic rings. The summed E-state index contributed by atoms with van der Waals surface area (Å²) in [5.41, 5.74) is 5.59. The highest BCUT2D eigenvalue weighted by Gasteiger charge is 2.22. The predicted octanol–water partition coefficient (Wildman–Crippen LogP) is 3.49. The van der Waals surface area contributed by atoms with E-state index in [9.17, 15) is 4.79 Å². The summed E-state index contributed by atoms with van der Waals surface area (Å²) in [6.07, 6.45) is 6.49. The van der Waals surface area contributed by atoms with Crippen LogP contribution in [0.25, 0.3) is 0 Å². The van der Waals surface area contributed by atoms with E-state index in [1.165, 1.54) is 31.9 Å². The monoisotopic (exact) mass is 309 g/mol. The third-order valence-corrected chi connectivity index (χ3v) is 4.45. The topological polar surface area (TPSA) is 59.2 Å². The molecule has 1 aromatic heterocycles. The van der Waals surface area contributed by atoms with Crippen molar-refractivity contribution in [2.24, 2.45) is 17.6 Å². The van der Waals surface area contributed by atoms with Gasteiger partial charge in [-0.25, -0.2) is 4.98 Å². The average Bonchev–Trinajstić information content (AvgIpc) is 2.45. The van der Waals surface area contributed by atoms with Crippen LogP contribution in [0.2, 0.25) is 5.02 Å². The lowest BCUT2D eigenvalue weighted by molar-refractivity contribution is 0.1000. The number of aromatic nitrogens is 1. The first kappa shape index (κ1) is 16.1. The number of pyridine rings is 1. The van der Waals surface area contributed by atoms with Gasteiger partial charge < -0.3 is 10.6 Å². The number of carbonyl (C=O) groups excluding carboxylic acids is 1. The van der Waals surface area contributed by atoms with Crippen LogP contribution in [0.4, 0.5) is 5.82 Å². The van der Waals surface area contributed by atoms with Crippen LogP contribution in [0.3, 0.4) is 0 Å². The normalized spacial score (nSPS) is 16.5. The molecule has 2 heterocycles. The van der Waals surface area contributed by atoms with Crippen molar-refractivity contribution < 1.29 is 4.79 Å². The minimum Gasteiger partial charge on any atom is -0.366 e. The summed E-state index contributed by atoms with van der Waals surface area (Å²) in [4.78, 5) is 17.6. The van der Waals surface area contributed by atoms with E-state index in [0.29, 0.717) is 10.6 Å². The van der Waals surface area contributed by atoms with Gasteiger partial charge in [0.1, 0.15) is 5.82 Å². The third-order valence-electron chi connectivity index (χ3n) is 4.17. The summed E-state index contributed by atoms with van der Waals surface area (Å²) in [5.74, 6) is 1.86. The highest BCUT2D eigenvalue weighted by molar-refractivity contribution is 6.33. The van der Waals surface area contributed by atoms with Crippen molar-refractivity contribution in [3.8, 4) is 0 Å². The molecule has 2 N–H and O–H groups in total. The minimum absolute atomic E-state index is 0.357. The SMILES string of the molecule is CC(C)CCC1CCN(c2ncc(C(N)=O)cc2Cl)CC1. The summed E-state index contributed by atoms with van der Waals surface area (Å²) in [7, 11) is 0. The molecule has 1 aromatic rings. The van der Waals surface area contributed by atoms with Crippen LogP contribution < -0.4 is 10.6 Å². The van der Waals surface area contributed by atoms with Crippen LogP contribution in [0, 0.1) is 11.8 Å². The number of halogens is 1. The highest BCUT2D eigenvalue weighted by Crippen LogP contribution is 2.30. The second kappa shape index (κ2) is 7.12. The Hall–Kier alpha value is -1.29. The second-order valence-corrected chi connectivity index (χ2v) is 6.70. The number of hydrogen-bond acceptors (Lipinski definition) is 3. The molecule has 0 aromatic carbocycles. The van der Waals surface area contributed by atoms with E-state index in [2.05, 4.69) is 23.7 Å². The van der Waals surface area contributed by atoms with E-state index >= 15 is 0 Å². The Morgan fingerprint density at radius 3 is 2.67 bits per heavy atom. The maximum atomic E-state index is 11.1. The lowest BCUT2D eigenvalue weighted by Gasteiger charge is -2.33. The highest BCUT2D eigenvalue weighted by atomic mass is 35.5. The maximum absolute atomic E-state index is 11.1. The van der Waals surface area contributed by atoms with E-state index in [4.69, 9.17) is 17.3 Å². The zero-order valence-electron chi connectivity index (χ0n) is 12.8. The van der Waals surface area contributed by atoms with E-state index in [-0.39, 0.29) is 0 Å². The number of nitrogens with two attached hydrogens (primary N) is 1. The molecule has 1 saturated heterocycles. The molecule has 2 rings (SSSR count). The molecule has 0 saturated carbocycles. The molecular formula is C16H24ClN3O. The number of hydrogen-bond donors (Lipinski definition) is 1. The molecule has 0 spiro atoms. The molecule has 0 atom stereocenters. The number of nitrogens with zero attached hydrogens (tertiary/aromatic N) is 2. The number of primary amides is 1. The minimum atomic E-state index is -0.497. The van der Waals surface area contributed by atoms with Crippen LogP contribution >= 0.6 is 11.6 Å². The molecule has 0 unspecified atom stereocenters. The van der Waals surface area contributed by atoms with Crippen molar-refractivity contribution in [1.82, 2.24) is 4.98 Å². The Morgan fingerprint density at radius 1 is 1.48 bits per heavy atom. The maximum Gasteiger partial charge on any atom is 0.250 e. The molecule has 0 radical (unpaired) electrons. The molecule has 5 heteroatoms. The number of amides is 1. The second-order valence-electron chi connectivity index (χ2n) is 6.30. The fourth-order valence-electron chi connectivity index (χ4n) is 2.80. The van der Waals surface area contributed by atoms with Gasteiger partial charge in [0.15, 0.2) is 0 Å². The van der Waals surface area contributed by atoms with Crippen molar-refractivity contribution in [3.05, 3.63) is 22.8 Å². The van der Waals surface area contributed by atoms with Crippen LogP contribution in [-0.4, -0.2) is 24.0 Å². The number of anilines is 1. The number of piperidine rings is 1. The van der Waals surface area contributed by atoms with Crippen LogP contribution in [0.1, 0.15) is 49.9 Å². The van der Waals surface area contributed by atoms with Gasteiger partial charge in [0.2, 0.25) is 5.91 Å². The smallest absolute Gasteiger partial charge is 0.250 e. The quantitative estimate of drug-likeness (QED) is 0.905. The predicted molar refractivity (Wildman–Crippen MR) is 86.8 cm³/mol. The summed E-state index contributed by atoms with van der Waals surface area (Å²) in [5, 5.41) is 0.506. The van der Waals surface area contributed by atoms with E-state index in [1.807, 2.05) is 0 Å². The molecule has 1 amide bonds. The Bertz CT molecular complexity index is 496. The van der Waals surface area contributed by atoms with Gasteiger partial charge in [-0.05, 0) is 30.7 Å². The van der Waals surface area contributed by atoms with Crippen LogP contribution in [-0.2, 0) is 0 Å². The summed E-state index contributed by atoms with van der Waals surface area (Å²) in [6.45, 7) is 6.51. The van der Waals surface area contributed by atoms with Gasteiger partial charge in [0.05, 0.1) is 10.6 Å². The van der Waals surface area contributed by atoms with Crippen molar-refractivity contribution in [2.45, 2.75) is 39.5 Å². The summed E-state index contributed by atoms with van der Waals surface area (Å²) >= 11 is 6.23. The number of carbonyl (C=O) groups is 1. The molecule has 21 heavy (non-hydrogen) atoms. The first-order chi connectivity index (χ1) is 9.97. The van der Waals surface area contributed by atoms with Crippen molar-refractivity contribution in [1.29, 1.82) is 0 Å². The summed E-state index contributed by atoms with van der Waals surface area (Å²) in [6, 6.07) is 1.61. The number of rotatable bonds is 5. The third kappa shape index (κ3) is 4.34. The summed E-state index contributed by atoms with van der Waals surface area (Å²) < 4.78 is 0. The van der Waals surface area contributed by atoms with Crippen LogP contribution in [0.5, 0.6) is 0 Å². The Kier molecular flexibility index (Phi) is 5.45. The van der Waals surface area contributed by atoms with E-state index in [1.54, 1.807) is 6.07 Å². The Morgan fingerprint density at radius 2 is 2.14 bits per heavy atom. The van der Waals surface area contributed by atoms with E-state index in [0.717, 1.165) is 30.7 Å². The molecular weight excluding hydrogens is 286 g/mol. The fraction of sp³-hybridized carbons (Fsp3) is 0.625. The largest absolute Gasteiger partial charge is 0.366 e. The van der Waals surface area contributed by atoms with Gasteiger partial charge >= 0.3 is 0 Å². The van der Waals surface area contributed by atoms with Crippen molar-refractivity contribution >= 4 is 23.3 Å². The molecule has 1 fully saturated rings. The fourth-order valence-corrected chi connectivity index (χ4v) is 3.09. The molecule has 1 aliphatic heterocycles. The van der Waals surface area contributed by atoms with Crippen molar-refractivity contribution in [2.75, 3.05) is 18.0 Å². The lowest BCUT2D eigenvalue weighted by Crippen LogP contribution is -2.34. The van der Waals surface area contributed by atoms with Gasteiger partial charge in [-0.3, -0.25) is 4.79 Å². The standard InChI is InChI=1S/C16H24ClN3O/c1-11(2)3-4-12-5-7-20(8-6-12)16-14(17)9-13(10-19-16)15(18)21/h9-12H,3-8H2,1-2H3,(H2,18,21). The first-order valence-electron chi connectivity index (χ1n) is 7.67. The lowest BCUT2D eigenvalue weighted by atomic mass is 9.89. The van der Waals surface area contributed by atoms with E-state index < -0.39 is 5.91 Å². The molecule has 0 bridgehead atoms. The van der Waals surface area contributed by atoms with Gasteiger partial charge in [0, 0.05) is 19.3 Å². The van der Waals surface area contributed by atoms with Gasteiger partial charge in [0.25, 0.3) is 0 Å². The molecule has 116 valence electrons. The molecule has 0 aliphatic carbocycles. The zero-order chi connectivity index (χ0) is 15.4. The van der Waals surface area contributed by atoms with Crippen LogP contribution in [0.15, 0.2) is 12.3 Å². The molecule has 4 nitrogen and oxygen atoms in total. The first-order valence-corrected chi connectivity index (χ1v) is 8.05. The van der Waals surface area contributed by atoms with Crippen molar-refractivity contribution in [3.63, 3.8) is 0 Å². The van der Waals surface area contributed by atoms with Gasteiger partial charge in [-0.2, -0.15) is 0 Å².